The Morgan fingerprint density at radius 3 is 2.95 bits per heavy atom. The van der Waals surface area contributed by atoms with Crippen molar-refractivity contribution in [1.82, 2.24) is 0 Å². The van der Waals surface area contributed by atoms with Gasteiger partial charge in [-0.25, -0.2) is 0 Å². The molecule has 1 amide bonds. The largest absolute Gasteiger partial charge is 0.489 e. The second kappa shape index (κ2) is 9.20. The molecule has 3 heteroatoms. The molecule has 0 aliphatic rings. The van der Waals surface area contributed by atoms with E-state index in [1.165, 1.54) is 12.8 Å². The van der Waals surface area contributed by atoms with Crippen molar-refractivity contribution in [2.45, 2.75) is 39.0 Å². The standard InChI is InChI=1S/C16H23NO2/c1-3-5-6-7-11-16(18)17-14-9-8-10-15(13-14)19-12-4-2/h4,8-10,13H,2-3,5-7,11-12H2,1H3,(H,17,18). The molecule has 0 aromatic heterocycles. The topological polar surface area (TPSA) is 38.3 Å². The van der Waals surface area contributed by atoms with E-state index in [1.807, 2.05) is 24.3 Å². The Morgan fingerprint density at radius 1 is 1.37 bits per heavy atom. The van der Waals surface area contributed by atoms with Gasteiger partial charge in [0.15, 0.2) is 0 Å². The van der Waals surface area contributed by atoms with E-state index in [0.717, 1.165) is 24.3 Å². The lowest BCUT2D eigenvalue weighted by Gasteiger charge is -2.08. The Bertz CT molecular complexity index is 401. The lowest BCUT2D eigenvalue weighted by atomic mass is 10.1. The van der Waals surface area contributed by atoms with Crippen LogP contribution in [-0.2, 0) is 4.79 Å². The lowest BCUT2D eigenvalue weighted by Crippen LogP contribution is -2.11. The summed E-state index contributed by atoms with van der Waals surface area (Å²) in [5.74, 6) is 0.806. The van der Waals surface area contributed by atoms with E-state index in [0.29, 0.717) is 13.0 Å². The van der Waals surface area contributed by atoms with Crippen LogP contribution in [0.4, 0.5) is 5.69 Å². The number of carbonyl (C=O) groups is 1. The van der Waals surface area contributed by atoms with Crippen molar-refractivity contribution in [1.29, 1.82) is 0 Å². The summed E-state index contributed by atoms with van der Waals surface area (Å²) in [5.41, 5.74) is 0.780. The molecule has 1 aromatic rings. The molecule has 0 fully saturated rings. The molecule has 3 nitrogen and oxygen atoms in total. The Balaban J connectivity index is 2.38. The zero-order valence-corrected chi connectivity index (χ0v) is 11.7. The monoisotopic (exact) mass is 261 g/mol. The van der Waals surface area contributed by atoms with E-state index in [-0.39, 0.29) is 5.91 Å². The van der Waals surface area contributed by atoms with E-state index < -0.39 is 0 Å². The first-order chi connectivity index (χ1) is 9.26. The molecule has 1 rings (SSSR count). The number of carbonyl (C=O) groups excluding carboxylic acids is 1. The summed E-state index contributed by atoms with van der Waals surface area (Å²) >= 11 is 0. The molecule has 0 aliphatic carbocycles. The second-order valence-corrected chi connectivity index (χ2v) is 4.49. The van der Waals surface area contributed by atoms with Crippen molar-refractivity contribution in [3.05, 3.63) is 36.9 Å². The molecule has 0 saturated carbocycles. The van der Waals surface area contributed by atoms with Crippen molar-refractivity contribution in [3.8, 4) is 5.75 Å². The third kappa shape index (κ3) is 6.65. The predicted molar refractivity (Wildman–Crippen MR) is 79.5 cm³/mol. The average molecular weight is 261 g/mol. The van der Waals surface area contributed by atoms with Crippen molar-refractivity contribution >= 4 is 11.6 Å². The quantitative estimate of drug-likeness (QED) is 0.535. The molecule has 0 unspecified atom stereocenters. The van der Waals surface area contributed by atoms with Gasteiger partial charge in [-0.05, 0) is 18.6 Å². The van der Waals surface area contributed by atoms with Crippen LogP contribution in [0.3, 0.4) is 0 Å². The van der Waals surface area contributed by atoms with E-state index in [9.17, 15) is 4.79 Å². The van der Waals surface area contributed by atoms with Crippen LogP contribution in [0.25, 0.3) is 0 Å². The molecular formula is C16H23NO2. The average Bonchev–Trinajstić information content (AvgIpc) is 2.42. The van der Waals surface area contributed by atoms with Crippen LogP contribution in [-0.4, -0.2) is 12.5 Å². The fourth-order valence-corrected chi connectivity index (χ4v) is 1.75. The summed E-state index contributed by atoms with van der Waals surface area (Å²) < 4.78 is 5.42. The number of anilines is 1. The van der Waals surface area contributed by atoms with Gasteiger partial charge >= 0.3 is 0 Å². The van der Waals surface area contributed by atoms with E-state index >= 15 is 0 Å². The van der Waals surface area contributed by atoms with Crippen LogP contribution in [0.15, 0.2) is 36.9 Å². The number of hydrogen-bond donors (Lipinski definition) is 1. The van der Waals surface area contributed by atoms with Crippen LogP contribution in [0.5, 0.6) is 5.75 Å². The van der Waals surface area contributed by atoms with E-state index in [1.54, 1.807) is 6.08 Å². The van der Waals surface area contributed by atoms with Gasteiger partial charge in [-0.2, -0.15) is 0 Å². The minimum Gasteiger partial charge on any atom is -0.489 e. The van der Waals surface area contributed by atoms with Gasteiger partial charge in [0.05, 0.1) is 0 Å². The maximum absolute atomic E-state index is 11.7. The molecule has 104 valence electrons. The van der Waals surface area contributed by atoms with Crippen LogP contribution >= 0.6 is 0 Å². The predicted octanol–water partition coefficient (Wildman–Crippen LogP) is 4.16. The molecule has 0 spiro atoms. The van der Waals surface area contributed by atoms with Gasteiger partial charge in [-0.3, -0.25) is 4.79 Å². The van der Waals surface area contributed by atoms with Crippen LogP contribution in [0.2, 0.25) is 0 Å². The first kappa shape index (κ1) is 15.3. The van der Waals surface area contributed by atoms with Gasteiger partial charge in [0.25, 0.3) is 0 Å². The van der Waals surface area contributed by atoms with Crippen molar-refractivity contribution in [2.24, 2.45) is 0 Å². The molecule has 0 atom stereocenters. The van der Waals surface area contributed by atoms with Crippen molar-refractivity contribution < 1.29 is 9.53 Å². The van der Waals surface area contributed by atoms with Gasteiger partial charge in [-0.15, -0.1) is 0 Å². The maximum atomic E-state index is 11.7. The molecule has 0 saturated heterocycles. The van der Waals surface area contributed by atoms with E-state index in [4.69, 9.17) is 4.74 Å². The van der Waals surface area contributed by atoms with Gasteiger partial charge in [-0.1, -0.05) is 44.9 Å². The maximum Gasteiger partial charge on any atom is 0.224 e. The van der Waals surface area contributed by atoms with Crippen LogP contribution < -0.4 is 10.1 Å². The van der Waals surface area contributed by atoms with Crippen LogP contribution in [0.1, 0.15) is 39.0 Å². The van der Waals surface area contributed by atoms with Crippen LogP contribution in [0, 0.1) is 0 Å². The number of rotatable bonds is 9. The van der Waals surface area contributed by atoms with Crippen molar-refractivity contribution in [3.63, 3.8) is 0 Å². The highest BCUT2D eigenvalue weighted by Gasteiger charge is 2.03. The Morgan fingerprint density at radius 2 is 2.21 bits per heavy atom. The van der Waals surface area contributed by atoms with Gasteiger partial charge < -0.3 is 10.1 Å². The number of benzene rings is 1. The van der Waals surface area contributed by atoms with Gasteiger partial charge in [0, 0.05) is 18.2 Å². The Labute approximate surface area is 115 Å². The molecule has 1 aromatic carbocycles. The fourth-order valence-electron chi connectivity index (χ4n) is 1.75. The number of amides is 1. The molecular weight excluding hydrogens is 238 g/mol. The normalized spacial score (nSPS) is 9.95. The first-order valence-corrected chi connectivity index (χ1v) is 6.90. The first-order valence-electron chi connectivity index (χ1n) is 6.90. The Hall–Kier alpha value is -1.77. The second-order valence-electron chi connectivity index (χ2n) is 4.49. The summed E-state index contributed by atoms with van der Waals surface area (Å²) in [7, 11) is 0. The zero-order chi connectivity index (χ0) is 13.9. The molecule has 0 aliphatic heterocycles. The number of ether oxygens (including phenoxy) is 1. The zero-order valence-electron chi connectivity index (χ0n) is 11.7. The summed E-state index contributed by atoms with van der Waals surface area (Å²) in [6.07, 6.45) is 6.72. The minimum atomic E-state index is 0.0666. The molecule has 1 N–H and O–H groups in total. The van der Waals surface area contributed by atoms with Gasteiger partial charge in [0.1, 0.15) is 12.4 Å². The highest BCUT2D eigenvalue weighted by Crippen LogP contribution is 2.17. The third-order valence-electron chi connectivity index (χ3n) is 2.74. The number of unbranched alkanes of at least 4 members (excludes halogenated alkanes) is 3. The summed E-state index contributed by atoms with van der Waals surface area (Å²) in [6, 6.07) is 7.42. The Kier molecular flexibility index (Phi) is 7.40. The van der Waals surface area contributed by atoms with E-state index in [2.05, 4.69) is 18.8 Å². The summed E-state index contributed by atoms with van der Waals surface area (Å²) in [6.45, 7) is 6.23. The fraction of sp³-hybridized carbons (Fsp3) is 0.438. The highest BCUT2D eigenvalue weighted by atomic mass is 16.5. The summed E-state index contributed by atoms with van der Waals surface area (Å²) in [4.78, 5) is 11.7. The smallest absolute Gasteiger partial charge is 0.224 e. The number of hydrogen-bond acceptors (Lipinski definition) is 2. The SMILES string of the molecule is C=CCOc1cccc(NC(=O)CCCCCC)c1. The van der Waals surface area contributed by atoms with Crippen molar-refractivity contribution in [2.75, 3.05) is 11.9 Å². The van der Waals surface area contributed by atoms with Gasteiger partial charge in [0.2, 0.25) is 5.91 Å². The minimum absolute atomic E-state index is 0.0666. The number of nitrogens with one attached hydrogen (secondary N) is 1. The summed E-state index contributed by atoms with van der Waals surface area (Å²) in [5, 5.41) is 2.89. The highest BCUT2D eigenvalue weighted by molar-refractivity contribution is 5.90. The molecule has 0 heterocycles. The third-order valence-corrected chi connectivity index (χ3v) is 2.74. The molecule has 19 heavy (non-hydrogen) atoms. The molecule has 0 radical (unpaired) electrons. The lowest BCUT2D eigenvalue weighted by molar-refractivity contribution is -0.116. The molecule has 0 bridgehead atoms.